The smallest absolute Gasteiger partial charge is 0.331 e. The molecule has 0 aromatic carbocycles. The summed E-state index contributed by atoms with van der Waals surface area (Å²) < 4.78 is 5.08. The average Bonchev–Trinajstić information content (AvgIpc) is 2.33. The number of carbonyl (C=O) groups excluding carboxylic acids is 1. The molecule has 2 unspecified atom stereocenters. The maximum absolute atomic E-state index is 11.5. The summed E-state index contributed by atoms with van der Waals surface area (Å²) in [7, 11) is 0. The van der Waals surface area contributed by atoms with Crippen molar-refractivity contribution in [1.29, 1.82) is 0 Å². The van der Waals surface area contributed by atoms with Crippen LogP contribution in [-0.2, 0) is 9.53 Å². The van der Waals surface area contributed by atoms with Gasteiger partial charge >= 0.3 is 5.97 Å². The molecule has 0 fully saturated rings. The molecule has 0 aromatic rings. The first-order chi connectivity index (χ1) is 10.0. The van der Waals surface area contributed by atoms with Crippen molar-refractivity contribution in [2.75, 3.05) is 0 Å². The lowest BCUT2D eigenvalue weighted by molar-refractivity contribution is -0.141. The lowest BCUT2D eigenvalue weighted by Crippen LogP contribution is -2.22. The van der Waals surface area contributed by atoms with Gasteiger partial charge in [0.05, 0.1) is 6.10 Å². The molecule has 128 valence electrons. The maximum Gasteiger partial charge on any atom is 0.331 e. The Labute approximate surface area is 142 Å². The van der Waals surface area contributed by atoms with Crippen LogP contribution in [0, 0.1) is 11.8 Å². The highest BCUT2D eigenvalue weighted by Crippen LogP contribution is 2.29. The molecule has 0 saturated heterocycles. The van der Waals surface area contributed by atoms with Crippen molar-refractivity contribution in [2.24, 2.45) is 11.8 Å². The third-order valence-electron chi connectivity index (χ3n) is 3.88. The third kappa shape index (κ3) is 10.9. The summed E-state index contributed by atoms with van der Waals surface area (Å²) in [6, 6.07) is 0. The van der Waals surface area contributed by atoms with E-state index in [2.05, 4.69) is 33.8 Å². The van der Waals surface area contributed by atoms with E-state index >= 15 is 0 Å². The van der Waals surface area contributed by atoms with Gasteiger partial charge in [-0.05, 0) is 64.9 Å². The summed E-state index contributed by atoms with van der Waals surface area (Å²) in [6.07, 6.45) is 8.91. The molecule has 0 bridgehead atoms. The largest absolute Gasteiger partial charge is 0.460 e. The van der Waals surface area contributed by atoms with Crippen LogP contribution in [0.2, 0.25) is 0 Å². The van der Waals surface area contributed by atoms with Gasteiger partial charge in [0.25, 0.3) is 0 Å². The van der Waals surface area contributed by atoms with Gasteiger partial charge in [0.1, 0.15) is 0 Å². The van der Waals surface area contributed by atoms with E-state index in [1.807, 2.05) is 26.8 Å². The number of allylic oxidation sites excluding steroid dienone is 3. The number of alkyl halides is 1. The molecule has 0 N–H and O–H groups in total. The zero-order valence-corrected chi connectivity index (χ0v) is 16.0. The molecule has 2 atom stereocenters. The second-order valence-electron chi connectivity index (χ2n) is 7.16. The topological polar surface area (TPSA) is 26.3 Å². The van der Waals surface area contributed by atoms with E-state index in [4.69, 9.17) is 16.3 Å². The van der Waals surface area contributed by atoms with Gasteiger partial charge < -0.3 is 4.74 Å². The predicted octanol–water partition coefficient (Wildman–Crippen LogP) is 5.90. The van der Waals surface area contributed by atoms with Crippen molar-refractivity contribution in [1.82, 2.24) is 0 Å². The molecule has 0 aliphatic rings. The second kappa shape index (κ2) is 10.1. The summed E-state index contributed by atoms with van der Waals surface area (Å²) in [5, 5.41) is 0. The SMILES string of the molecule is CC(C=CCC(C)CCC(C)C(C)(C)Cl)=CC(=O)OC(C)C. The predicted molar refractivity (Wildman–Crippen MR) is 96.2 cm³/mol. The van der Waals surface area contributed by atoms with Gasteiger partial charge in [-0.15, -0.1) is 11.6 Å². The fraction of sp³-hybridized carbons (Fsp3) is 0.737. The van der Waals surface area contributed by atoms with Gasteiger partial charge in [-0.2, -0.15) is 0 Å². The van der Waals surface area contributed by atoms with Crippen LogP contribution in [0.1, 0.15) is 67.7 Å². The zero-order valence-electron chi connectivity index (χ0n) is 15.3. The van der Waals surface area contributed by atoms with Crippen LogP contribution in [0.25, 0.3) is 0 Å². The second-order valence-corrected chi connectivity index (χ2v) is 8.13. The molecule has 0 rings (SSSR count). The molecule has 3 heteroatoms. The summed E-state index contributed by atoms with van der Waals surface area (Å²) >= 11 is 6.33. The van der Waals surface area contributed by atoms with E-state index in [-0.39, 0.29) is 16.9 Å². The third-order valence-corrected chi connectivity index (χ3v) is 4.25. The van der Waals surface area contributed by atoms with Crippen LogP contribution < -0.4 is 0 Å². The number of hydrogen-bond donors (Lipinski definition) is 0. The van der Waals surface area contributed by atoms with E-state index < -0.39 is 0 Å². The van der Waals surface area contributed by atoms with Crippen LogP contribution >= 0.6 is 11.6 Å². The molecule has 0 aromatic heterocycles. The van der Waals surface area contributed by atoms with Gasteiger partial charge in [-0.1, -0.05) is 32.4 Å². The summed E-state index contributed by atoms with van der Waals surface area (Å²) in [6.45, 7) is 14.2. The molecular weight excluding hydrogens is 296 g/mol. The molecule has 22 heavy (non-hydrogen) atoms. The fourth-order valence-corrected chi connectivity index (χ4v) is 2.09. The Morgan fingerprint density at radius 1 is 1.18 bits per heavy atom. The van der Waals surface area contributed by atoms with Crippen molar-refractivity contribution < 1.29 is 9.53 Å². The van der Waals surface area contributed by atoms with Gasteiger partial charge in [0.2, 0.25) is 0 Å². The van der Waals surface area contributed by atoms with Crippen LogP contribution in [0.5, 0.6) is 0 Å². The number of carbonyl (C=O) groups is 1. The Balaban J connectivity index is 4.16. The highest BCUT2D eigenvalue weighted by molar-refractivity contribution is 6.23. The highest BCUT2D eigenvalue weighted by Gasteiger charge is 2.22. The van der Waals surface area contributed by atoms with Gasteiger partial charge in [0.15, 0.2) is 0 Å². The number of esters is 1. The quantitative estimate of drug-likeness (QED) is 0.228. The zero-order chi connectivity index (χ0) is 17.3. The Morgan fingerprint density at radius 3 is 2.27 bits per heavy atom. The summed E-state index contributed by atoms with van der Waals surface area (Å²) in [4.78, 5) is 11.4. The lowest BCUT2D eigenvalue weighted by atomic mass is 9.88. The first kappa shape index (κ1) is 21.2. The number of halogens is 1. The van der Waals surface area contributed by atoms with E-state index in [1.54, 1.807) is 6.08 Å². The van der Waals surface area contributed by atoms with Crippen molar-refractivity contribution in [3.63, 3.8) is 0 Å². The first-order valence-electron chi connectivity index (χ1n) is 8.26. The van der Waals surface area contributed by atoms with Crippen LogP contribution in [0.4, 0.5) is 0 Å². The van der Waals surface area contributed by atoms with E-state index in [1.165, 1.54) is 6.42 Å². The molecular formula is C19H33ClO2. The number of ether oxygens (including phenoxy) is 1. The van der Waals surface area contributed by atoms with Gasteiger partial charge in [0, 0.05) is 11.0 Å². The van der Waals surface area contributed by atoms with E-state index in [0.29, 0.717) is 11.8 Å². The summed E-state index contributed by atoms with van der Waals surface area (Å²) in [5.41, 5.74) is 0.924. The molecule has 0 aliphatic carbocycles. The maximum atomic E-state index is 11.5. The Kier molecular flexibility index (Phi) is 9.75. The normalized spacial score (nSPS) is 16.1. The fourth-order valence-electron chi connectivity index (χ4n) is 1.98. The van der Waals surface area contributed by atoms with Crippen LogP contribution in [-0.4, -0.2) is 16.9 Å². The van der Waals surface area contributed by atoms with Gasteiger partial charge in [-0.3, -0.25) is 0 Å². The minimum absolute atomic E-state index is 0.0753. The lowest BCUT2D eigenvalue weighted by Gasteiger charge is -2.25. The Hall–Kier alpha value is -0.760. The first-order valence-corrected chi connectivity index (χ1v) is 8.64. The van der Waals surface area contributed by atoms with Crippen LogP contribution in [0.15, 0.2) is 23.8 Å². The highest BCUT2D eigenvalue weighted by atomic mass is 35.5. The van der Waals surface area contributed by atoms with Crippen molar-refractivity contribution >= 4 is 17.6 Å². The molecule has 0 amide bonds. The number of rotatable bonds is 9. The monoisotopic (exact) mass is 328 g/mol. The van der Waals surface area contributed by atoms with Crippen molar-refractivity contribution in [3.05, 3.63) is 23.8 Å². The molecule has 2 nitrogen and oxygen atoms in total. The molecule has 0 spiro atoms. The number of hydrogen-bond acceptors (Lipinski definition) is 2. The van der Waals surface area contributed by atoms with Crippen LogP contribution in [0.3, 0.4) is 0 Å². The van der Waals surface area contributed by atoms with Gasteiger partial charge in [-0.25, -0.2) is 4.79 Å². The molecule has 0 radical (unpaired) electrons. The molecule has 0 saturated carbocycles. The Bertz CT molecular complexity index is 389. The standard InChI is InChI=1S/C19H33ClO2/c1-14(2)22-18(21)13-16(4)10-8-9-15(3)11-12-17(5)19(6,7)20/h8,10,13-15,17H,9,11-12H2,1-7H3. The minimum Gasteiger partial charge on any atom is -0.460 e. The average molecular weight is 329 g/mol. The summed E-state index contributed by atoms with van der Waals surface area (Å²) in [5.74, 6) is 0.851. The molecule has 0 aliphatic heterocycles. The van der Waals surface area contributed by atoms with E-state index in [0.717, 1.165) is 18.4 Å². The Morgan fingerprint density at radius 2 is 1.77 bits per heavy atom. The van der Waals surface area contributed by atoms with Crippen molar-refractivity contribution in [2.45, 2.75) is 78.7 Å². The van der Waals surface area contributed by atoms with E-state index in [9.17, 15) is 4.79 Å². The van der Waals surface area contributed by atoms with Crippen molar-refractivity contribution in [3.8, 4) is 0 Å². The molecule has 0 heterocycles. The minimum atomic E-state index is -0.275.